The van der Waals surface area contributed by atoms with Crippen LogP contribution in [0, 0.1) is 5.92 Å². The molecule has 1 aliphatic heterocycles. The summed E-state index contributed by atoms with van der Waals surface area (Å²) in [4.78, 5) is 1.43. The molecule has 1 N–H and O–H groups in total. The maximum Gasteiger partial charge on any atom is 0.168 e. The Morgan fingerprint density at radius 2 is 2.05 bits per heavy atom. The van der Waals surface area contributed by atoms with E-state index in [4.69, 9.17) is 9.47 Å². The first-order chi connectivity index (χ1) is 9.36. The van der Waals surface area contributed by atoms with E-state index in [0.29, 0.717) is 0 Å². The molecule has 1 aromatic heterocycles. The maximum atomic E-state index is 5.77. The van der Waals surface area contributed by atoms with E-state index in [1.807, 2.05) is 11.3 Å². The largest absolute Gasteiger partial charge is 0.348 e. The molecule has 1 spiro atoms. The lowest BCUT2D eigenvalue weighted by Crippen LogP contribution is -2.35. The highest BCUT2D eigenvalue weighted by Crippen LogP contribution is 2.39. The SMILES string of the molecule is c1csc(CNCCC2CCC3(CC2)OCCO3)c1. The second-order valence-corrected chi connectivity index (χ2v) is 6.63. The van der Waals surface area contributed by atoms with Crippen molar-refractivity contribution in [2.45, 2.75) is 44.4 Å². The zero-order valence-corrected chi connectivity index (χ0v) is 12.2. The monoisotopic (exact) mass is 281 g/mol. The molecule has 4 heteroatoms. The summed E-state index contributed by atoms with van der Waals surface area (Å²) in [5, 5.41) is 5.68. The molecule has 0 unspecified atom stereocenters. The molecular weight excluding hydrogens is 258 g/mol. The van der Waals surface area contributed by atoms with Gasteiger partial charge in [-0.2, -0.15) is 0 Å². The van der Waals surface area contributed by atoms with Crippen LogP contribution in [0.2, 0.25) is 0 Å². The van der Waals surface area contributed by atoms with Crippen molar-refractivity contribution in [2.75, 3.05) is 19.8 Å². The van der Waals surface area contributed by atoms with Gasteiger partial charge in [-0.05, 0) is 43.2 Å². The van der Waals surface area contributed by atoms with Crippen molar-refractivity contribution in [1.82, 2.24) is 5.32 Å². The third kappa shape index (κ3) is 3.57. The van der Waals surface area contributed by atoms with Gasteiger partial charge in [-0.15, -0.1) is 11.3 Å². The quantitative estimate of drug-likeness (QED) is 0.841. The van der Waals surface area contributed by atoms with Crippen LogP contribution >= 0.6 is 11.3 Å². The van der Waals surface area contributed by atoms with Crippen molar-refractivity contribution >= 4 is 11.3 Å². The lowest BCUT2D eigenvalue weighted by Gasteiger charge is -2.35. The Bertz CT molecular complexity index is 364. The summed E-state index contributed by atoms with van der Waals surface area (Å²) in [6, 6.07) is 4.31. The smallest absolute Gasteiger partial charge is 0.168 e. The average molecular weight is 281 g/mol. The molecule has 1 saturated carbocycles. The Kier molecular flexibility index (Phi) is 4.53. The van der Waals surface area contributed by atoms with Gasteiger partial charge in [0.05, 0.1) is 13.2 Å². The molecule has 0 aromatic carbocycles. The van der Waals surface area contributed by atoms with Crippen LogP contribution < -0.4 is 5.32 Å². The number of thiophene rings is 1. The molecule has 19 heavy (non-hydrogen) atoms. The molecule has 0 radical (unpaired) electrons. The van der Waals surface area contributed by atoms with E-state index < -0.39 is 0 Å². The van der Waals surface area contributed by atoms with Gasteiger partial charge in [-0.1, -0.05) is 6.07 Å². The van der Waals surface area contributed by atoms with Crippen LogP contribution in [0.1, 0.15) is 37.0 Å². The molecule has 3 rings (SSSR count). The minimum atomic E-state index is -0.194. The van der Waals surface area contributed by atoms with Crippen molar-refractivity contribution in [3.8, 4) is 0 Å². The van der Waals surface area contributed by atoms with E-state index in [9.17, 15) is 0 Å². The summed E-state index contributed by atoms with van der Waals surface area (Å²) in [6.07, 6.45) is 5.95. The molecule has 1 aromatic rings. The molecule has 2 aliphatic rings. The third-order valence-electron chi connectivity index (χ3n) is 4.29. The minimum absolute atomic E-state index is 0.194. The van der Waals surface area contributed by atoms with Crippen LogP contribution in [0.25, 0.3) is 0 Å². The zero-order valence-electron chi connectivity index (χ0n) is 11.4. The molecular formula is C15H23NO2S. The van der Waals surface area contributed by atoms with Crippen LogP contribution in [0.5, 0.6) is 0 Å². The average Bonchev–Trinajstić information content (AvgIpc) is 3.09. The molecule has 0 atom stereocenters. The maximum absolute atomic E-state index is 5.77. The van der Waals surface area contributed by atoms with Crippen LogP contribution in [-0.2, 0) is 16.0 Å². The fraction of sp³-hybridized carbons (Fsp3) is 0.733. The molecule has 1 saturated heterocycles. The summed E-state index contributed by atoms with van der Waals surface area (Å²) in [6.45, 7) is 3.71. The van der Waals surface area contributed by atoms with Gasteiger partial charge in [0.2, 0.25) is 0 Å². The molecule has 106 valence electrons. The van der Waals surface area contributed by atoms with Gasteiger partial charge in [0.1, 0.15) is 0 Å². The summed E-state index contributed by atoms with van der Waals surface area (Å²) >= 11 is 1.83. The van der Waals surface area contributed by atoms with Gasteiger partial charge in [-0.25, -0.2) is 0 Å². The van der Waals surface area contributed by atoms with Crippen molar-refractivity contribution < 1.29 is 9.47 Å². The summed E-state index contributed by atoms with van der Waals surface area (Å²) < 4.78 is 11.5. The van der Waals surface area contributed by atoms with E-state index >= 15 is 0 Å². The van der Waals surface area contributed by atoms with Crippen LogP contribution in [0.4, 0.5) is 0 Å². The van der Waals surface area contributed by atoms with Gasteiger partial charge in [0, 0.05) is 24.3 Å². The van der Waals surface area contributed by atoms with Crippen molar-refractivity contribution in [1.29, 1.82) is 0 Å². The van der Waals surface area contributed by atoms with E-state index in [1.54, 1.807) is 0 Å². The molecule has 0 bridgehead atoms. The molecule has 2 fully saturated rings. The lowest BCUT2D eigenvalue weighted by atomic mass is 9.83. The van der Waals surface area contributed by atoms with Gasteiger partial charge in [0.25, 0.3) is 0 Å². The first kappa shape index (κ1) is 13.6. The van der Waals surface area contributed by atoms with Crippen LogP contribution in [-0.4, -0.2) is 25.5 Å². The van der Waals surface area contributed by atoms with Crippen molar-refractivity contribution in [3.63, 3.8) is 0 Å². The topological polar surface area (TPSA) is 30.5 Å². The number of nitrogens with one attached hydrogen (secondary N) is 1. The van der Waals surface area contributed by atoms with Crippen LogP contribution in [0.3, 0.4) is 0 Å². The zero-order chi connectivity index (χ0) is 13.0. The van der Waals surface area contributed by atoms with Crippen molar-refractivity contribution in [3.05, 3.63) is 22.4 Å². The highest BCUT2D eigenvalue weighted by Gasteiger charge is 2.39. The summed E-state index contributed by atoms with van der Waals surface area (Å²) in [7, 11) is 0. The predicted molar refractivity (Wildman–Crippen MR) is 77.2 cm³/mol. The summed E-state index contributed by atoms with van der Waals surface area (Å²) in [5.41, 5.74) is 0. The number of hydrogen-bond donors (Lipinski definition) is 1. The number of hydrogen-bond acceptors (Lipinski definition) is 4. The van der Waals surface area contributed by atoms with E-state index in [-0.39, 0.29) is 5.79 Å². The Hall–Kier alpha value is -0.420. The van der Waals surface area contributed by atoms with Crippen LogP contribution in [0.15, 0.2) is 17.5 Å². The second-order valence-electron chi connectivity index (χ2n) is 5.60. The van der Waals surface area contributed by atoms with Crippen molar-refractivity contribution in [2.24, 2.45) is 5.92 Å². The lowest BCUT2D eigenvalue weighted by molar-refractivity contribution is -0.182. The third-order valence-corrected chi connectivity index (χ3v) is 5.17. The first-order valence-corrected chi connectivity index (χ1v) is 8.25. The first-order valence-electron chi connectivity index (χ1n) is 7.37. The Morgan fingerprint density at radius 1 is 1.26 bits per heavy atom. The Balaban J connectivity index is 1.31. The number of rotatable bonds is 5. The molecule has 3 nitrogen and oxygen atoms in total. The van der Waals surface area contributed by atoms with Gasteiger partial charge < -0.3 is 14.8 Å². The minimum Gasteiger partial charge on any atom is -0.348 e. The standard InChI is InChI=1S/C15H23NO2S/c1-2-14(19-11-1)12-16-8-5-13-3-6-15(7-4-13)17-9-10-18-15/h1-2,11,13,16H,3-10,12H2. The van der Waals surface area contributed by atoms with Gasteiger partial charge in [0.15, 0.2) is 5.79 Å². The second kappa shape index (κ2) is 6.35. The normalized spacial score (nSPS) is 23.2. The highest BCUT2D eigenvalue weighted by molar-refractivity contribution is 7.09. The highest BCUT2D eigenvalue weighted by atomic mass is 32.1. The van der Waals surface area contributed by atoms with E-state index in [0.717, 1.165) is 45.1 Å². The fourth-order valence-corrected chi connectivity index (χ4v) is 3.80. The van der Waals surface area contributed by atoms with Gasteiger partial charge in [-0.3, -0.25) is 0 Å². The van der Waals surface area contributed by atoms with Gasteiger partial charge >= 0.3 is 0 Å². The predicted octanol–water partition coefficient (Wildman–Crippen LogP) is 3.16. The number of ether oxygens (including phenoxy) is 2. The molecule has 0 amide bonds. The Labute approximate surface area is 119 Å². The molecule has 1 aliphatic carbocycles. The fourth-order valence-electron chi connectivity index (χ4n) is 3.12. The Morgan fingerprint density at radius 3 is 2.74 bits per heavy atom. The van der Waals surface area contributed by atoms with E-state index in [1.165, 1.54) is 24.1 Å². The molecule has 2 heterocycles. The summed E-state index contributed by atoms with van der Waals surface area (Å²) in [5.74, 6) is 0.648. The van der Waals surface area contributed by atoms with E-state index in [2.05, 4.69) is 22.8 Å².